The van der Waals surface area contributed by atoms with Gasteiger partial charge in [-0.05, 0) is 25.8 Å². The van der Waals surface area contributed by atoms with Crippen LogP contribution in [-0.4, -0.2) is 18.1 Å². The van der Waals surface area contributed by atoms with Crippen molar-refractivity contribution in [3.8, 4) is 0 Å². The third-order valence-corrected chi connectivity index (χ3v) is 3.32. The summed E-state index contributed by atoms with van der Waals surface area (Å²) >= 11 is 1.74. The SMILES string of the molecule is CCCC(C)CNCCc1csc(C)n1. The van der Waals surface area contributed by atoms with Crippen LogP contribution in [0.5, 0.6) is 0 Å². The quantitative estimate of drug-likeness (QED) is 0.723. The highest BCUT2D eigenvalue weighted by Crippen LogP contribution is 2.08. The summed E-state index contributed by atoms with van der Waals surface area (Å²) in [6.45, 7) is 8.80. The van der Waals surface area contributed by atoms with Crippen LogP contribution in [0.25, 0.3) is 0 Å². The summed E-state index contributed by atoms with van der Waals surface area (Å²) in [5, 5.41) is 6.82. The number of aryl methyl sites for hydroxylation is 1. The molecule has 15 heavy (non-hydrogen) atoms. The molecular weight excluding hydrogens is 204 g/mol. The van der Waals surface area contributed by atoms with Gasteiger partial charge in [-0.15, -0.1) is 11.3 Å². The van der Waals surface area contributed by atoms with E-state index < -0.39 is 0 Å². The normalized spacial score (nSPS) is 13.0. The van der Waals surface area contributed by atoms with Crippen molar-refractivity contribution in [2.75, 3.05) is 13.1 Å². The molecule has 0 bridgehead atoms. The zero-order chi connectivity index (χ0) is 11.1. The minimum atomic E-state index is 0.798. The predicted molar refractivity (Wildman–Crippen MR) is 67.5 cm³/mol. The third kappa shape index (κ3) is 5.28. The van der Waals surface area contributed by atoms with E-state index in [4.69, 9.17) is 0 Å². The maximum Gasteiger partial charge on any atom is 0.0897 e. The summed E-state index contributed by atoms with van der Waals surface area (Å²) in [7, 11) is 0. The number of aromatic nitrogens is 1. The molecule has 0 saturated heterocycles. The van der Waals surface area contributed by atoms with Gasteiger partial charge in [0, 0.05) is 18.3 Å². The number of hydrogen-bond donors (Lipinski definition) is 1. The van der Waals surface area contributed by atoms with E-state index >= 15 is 0 Å². The van der Waals surface area contributed by atoms with E-state index in [0.717, 1.165) is 25.4 Å². The highest BCUT2D eigenvalue weighted by atomic mass is 32.1. The summed E-state index contributed by atoms with van der Waals surface area (Å²) in [4.78, 5) is 4.44. The van der Waals surface area contributed by atoms with Crippen molar-refractivity contribution in [1.29, 1.82) is 0 Å². The summed E-state index contributed by atoms with van der Waals surface area (Å²) in [6.07, 6.45) is 3.67. The van der Waals surface area contributed by atoms with Crippen LogP contribution in [0, 0.1) is 12.8 Å². The van der Waals surface area contributed by atoms with Crippen molar-refractivity contribution < 1.29 is 0 Å². The van der Waals surface area contributed by atoms with Gasteiger partial charge in [0.15, 0.2) is 0 Å². The van der Waals surface area contributed by atoms with Crippen molar-refractivity contribution in [2.24, 2.45) is 5.92 Å². The lowest BCUT2D eigenvalue weighted by Crippen LogP contribution is -2.23. The van der Waals surface area contributed by atoms with Gasteiger partial charge < -0.3 is 5.32 Å². The van der Waals surface area contributed by atoms with Crippen molar-refractivity contribution in [3.63, 3.8) is 0 Å². The summed E-state index contributed by atoms with van der Waals surface area (Å²) in [5.41, 5.74) is 1.23. The van der Waals surface area contributed by atoms with E-state index in [9.17, 15) is 0 Å². The van der Waals surface area contributed by atoms with Crippen LogP contribution >= 0.6 is 11.3 Å². The van der Waals surface area contributed by atoms with Gasteiger partial charge in [0.25, 0.3) is 0 Å². The molecule has 86 valence electrons. The maximum absolute atomic E-state index is 4.44. The highest BCUT2D eigenvalue weighted by Gasteiger charge is 2.01. The minimum absolute atomic E-state index is 0.798. The first-order valence-electron chi connectivity index (χ1n) is 5.84. The van der Waals surface area contributed by atoms with Gasteiger partial charge in [0.05, 0.1) is 10.7 Å². The van der Waals surface area contributed by atoms with Gasteiger partial charge in [0.1, 0.15) is 0 Å². The Balaban J connectivity index is 2.06. The molecule has 0 radical (unpaired) electrons. The standard InChI is InChI=1S/C12H22N2S/c1-4-5-10(2)8-13-7-6-12-9-15-11(3)14-12/h9-10,13H,4-8H2,1-3H3. The fraction of sp³-hybridized carbons (Fsp3) is 0.750. The summed E-state index contributed by atoms with van der Waals surface area (Å²) in [5.74, 6) is 0.798. The van der Waals surface area contributed by atoms with Gasteiger partial charge in [-0.3, -0.25) is 0 Å². The average Bonchev–Trinajstić information content (AvgIpc) is 2.60. The van der Waals surface area contributed by atoms with E-state index in [0.29, 0.717) is 0 Å². The molecule has 0 aliphatic carbocycles. The zero-order valence-electron chi connectivity index (χ0n) is 10.0. The first kappa shape index (κ1) is 12.7. The van der Waals surface area contributed by atoms with Crippen LogP contribution < -0.4 is 5.32 Å². The number of thiazole rings is 1. The van der Waals surface area contributed by atoms with Crippen LogP contribution in [-0.2, 0) is 6.42 Å². The predicted octanol–water partition coefficient (Wildman–Crippen LogP) is 3.02. The molecule has 1 N–H and O–H groups in total. The van der Waals surface area contributed by atoms with E-state index in [1.54, 1.807) is 11.3 Å². The number of hydrogen-bond acceptors (Lipinski definition) is 3. The molecule has 0 aliphatic heterocycles. The first-order valence-corrected chi connectivity index (χ1v) is 6.72. The second kappa shape index (κ2) is 6.96. The topological polar surface area (TPSA) is 24.9 Å². The molecule has 3 heteroatoms. The molecule has 0 saturated carbocycles. The van der Waals surface area contributed by atoms with Crippen molar-refractivity contribution >= 4 is 11.3 Å². The molecular formula is C12H22N2S. The molecule has 1 heterocycles. The Bertz CT molecular complexity index is 270. The Morgan fingerprint density at radius 3 is 2.93 bits per heavy atom. The maximum atomic E-state index is 4.44. The second-order valence-electron chi connectivity index (χ2n) is 4.21. The molecule has 0 fully saturated rings. The largest absolute Gasteiger partial charge is 0.316 e. The van der Waals surface area contributed by atoms with Crippen LogP contribution in [0.2, 0.25) is 0 Å². The van der Waals surface area contributed by atoms with Gasteiger partial charge in [-0.1, -0.05) is 20.3 Å². The lowest BCUT2D eigenvalue weighted by molar-refractivity contribution is 0.477. The molecule has 2 nitrogen and oxygen atoms in total. The number of rotatable bonds is 7. The van der Waals surface area contributed by atoms with Gasteiger partial charge in [-0.2, -0.15) is 0 Å². The van der Waals surface area contributed by atoms with Crippen molar-refractivity contribution in [1.82, 2.24) is 10.3 Å². The van der Waals surface area contributed by atoms with E-state index in [1.165, 1.54) is 23.5 Å². The lowest BCUT2D eigenvalue weighted by Gasteiger charge is -2.10. The molecule has 0 aromatic carbocycles. The Morgan fingerprint density at radius 2 is 2.33 bits per heavy atom. The zero-order valence-corrected chi connectivity index (χ0v) is 10.9. The Labute approximate surface area is 97.1 Å². The molecule has 1 unspecified atom stereocenters. The Hall–Kier alpha value is -0.410. The molecule has 1 aromatic heterocycles. The number of nitrogens with one attached hydrogen (secondary N) is 1. The van der Waals surface area contributed by atoms with Crippen molar-refractivity contribution in [2.45, 2.75) is 40.0 Å². The van der Waals surface area contributed by atoms with Crippen molar-refractivity contribution in [3.05, 3.63) is 16.1 Å². The van der Waals surface area contributed by atoms with E-state index in [1.807, 2.05) is 0 Å². The van der Waals surface area contributed by atoms with Gasteiger partial charge in [-0.25, -0.2) is 4.98 Å². The lowest BCUT2D eigenvalue weighted by atomic mass is 10.1. The second-order valence-corrected chi connectivity index (χ2v) is 5.27. The molecule has 0 spiro atoms. The molecule has 1 rings (SSSR count). The van der Waals surface area contributed by atoms with Crippen LogP contribution in [0.15, 0.2) is 5.38 Å². The van der Waals surface area contributed by atoms with Crippen LogP contribution in [0.1, 0.15) is 37.4 Å². The fourth-order valence-corrected chi connectivity index (χ4v) is 2.33. The monoisotopic (exact) mass is 226 g/mol. The fourth-order valence-electron chi connectivity index (χ4n) is 1.68. The highest BCUT2D eigenvalue weighted by molar-refractivity contribution is 7.09. The molecule has 0 aliphatic rings. The van der Waals surface area contributed by atoms with Gasteiger partial charge >= 0.3 is 0 Å². The molecule has 0 amide bonds. The molecule has 1 atom stereocenters. The summed E-state index contributed by atoms with van der Waals surface area (Å²) < 4.78 is 0. The number of nitrogens with zero attached hydrogens (tertiary/aromatic N) is 1. The first-order chi connectivity index (χ1) is 7.22. The Kier molecular flexibility index (Phi) is 5.88. The smallest absolute Gasteiger partial charge is 0.0897 e. The average molecular weight is 226 g/mol. The molecule has 1 aromatic rings. The van der Waals surface area contributed by atoms with E-state index in [-0.39, 0.29) is 0 Å². The third-order valence-electron chi connectivity index (χ3n) is 2.50. The Morgan fingerprint density at radius 1 is 1.53 bits per heavy atom. The van der Waals surface area contributed by atoms with E-state index in [2.05, 4.69) is 36.5 Å². The minimum Gasteiger partial charge on any atom is -0.316 e. The van der Waals surface area contributed by atoms with Crippen LogP contribution in [0.4, 0.5) is 0 Å². The van der Waals surface area contributed by atoms with Crippen LogP contribution in [0.3, 0.4) is 0 Å². The summed E-state index contributed by atoms with van der Waals surface area (Å²) in [6, 6.07) is 0. The van der Waals surface area contributed by atoms with Gasteiger partial charge in [0.2, 0.25) is 0 Å².